The number of benzene rings is 1. The molecule has 0 bridgehead atoms. The first-order chi connectivity index (χ1) is 13.4. The molecule has 3 N–H and O–H groups in total. The Labute approximate surface area is 158 Å². The first-order valence-corrected chi connectivity index (χ1v) is 8.30. The van der Waals surface area contributed by atoms with Gasteiger partial charge in [-0.1, -0.05) is 18.2 Å². The molecule has 0 radical (unpaired) electrons. The summed E-state index contributed by atoms with van der Waals surface area (Å²) >= 11 is 0. The lowest BCUT2D eigenvalue weighted by Gasteiger charge is -2.33. The van der Waals surface area contributed by atoms with Crippen molar-refractivity contribution in [1.82, 2.24) is 0 Å². The summed E-state index contributed by atoms with van der Waals surface area (Å²) < 4.78 is 15.9. The zero-order valence-corrected chi connectivity index (χ0v) is 15.0. The van der Waals surface area contributed by atoms with Crippen molar-refractivity contribution < 1.29 is 28.6 Å². The topological polar surface area (TPSA) is 132 Å². The number of carbonyl (C=O) groups is 2. The summed E-state index contributed by atoms with van der Waals surface area (Å²) in [5.74, 6) is -2.53. The lowest BCUT2D eigenvalue weighted by molar-refractivity contribution is -0.138. The number of ether oxygens (including phenoxy) is 2. The highest BCUT2D eigenvalue weighted by molar-refractivity contribution is 6.17. The summed E-state index contributed by atoms with van der Waals surface area (Å²) in [5, 5.41) is 9.48. The molecule has 2 aliphatic heterocycles. The zero-order valence-electron chi connectivity index (χ0n) is 15.0. The normalized spacial score (nSPS) is 20.1. The first-order valence-electron chi connectivity index (χ1n) is 8.30. The molecule has 1 aromatic heterocycles. The van der Waals surface area contributed by atoms with Gasteiger partial charge in [-0.15, -0.1) is 0 Å². The molecule has 144 valence electrons. The first kappa shape index (κ1) is 17.8. The average molecular weight is 384 g/mol. The van der Waals surface area contributed by atoms with Crippen molar-refractivity contribution in [2.45, 2.75) is 12.0 Å². The minimum Gasteiger partial charge on any atom is -0.465 e. The molecule has 0 saturated carbocycles. The van der Waals surface area contributed by atoms with Crippen LogP contribution >= 0.6 is 0 Å². The van der Waals surface area contributed by atoms with E-state index in [0.29, 0.717) is 11.3 Å². The van der Waals surface area contributed by atoms with Gasteiger partial charge in [-0.2, -0.15) is 0 Å². The second kappa shape index (κ2) is 5.96. The van der Waals surface area contributed by atoms with E-state index in [0.717, 1.165) is 13.2 Å². The van der Waals surface area contributed by atoms with E-state index in [1.807, 2.05) is 0 Å². The lowest BCUT2D eigenvalue weighted by Crippen LogP contribution is -2.48. The molecule has 1 aromatic carbocycles. The number of aliphatic hydroxyl groups is 1. The third-order valence-electron chi connectivity index (χ3n) is 4.97. The Kier molecular flexibility index (Phi) is 3.79. The number of hydrogen-bond acceptors (Lipinski definition) is 8. The number of nitrogens with two attached hydrogens (primary N) is 1. The molecule has 3 heterocycles. The number of methoxy groups -OCH3 is 1. The van der Waals surface area contributed by atoms with Gasteiger partial charge in [0.2, 0.25) is 23.0 Å². The third-order valence-corrected chi connectivity index (χ3v) is 4.97. The fourth-order valence-corrected chi connectivity index (χ4v) is 3.79. The molecule has 0 aliphatic carbocycles. The van der Waals surface area contributed by atoms with Crippen LogP contribution in [-0.2, 0) is 26.3 Å². The fourth-order valence-electron chi connectivity index (χ4n) is 3.79. The average Bonchev–Trinajstić information content (AvgIpc) is 2.91. The molecule has 2 aromatic rings. The highest BCUT2D eigenvalue weighted by Gasteiger charge is 2.62. The van der Waals surface area contributed by atoms with Crippen LogP contribution in [0.15, 0.2) is 51.0 Å². The molecule has 2 aliphatic rings. The van der Waals surface area contributed by atoms with E-state index in [2.05, 4.69) is 0 Å². The molecular weight excluding hydrogens is 368 g/mol. The van der Waals surface area contributed by atoms with Crippen LogP contribution in [0.2, 0.25) is 0 Å². The van der Waals surface area contributed by atoms with Gasteiger partial charge >= 0.3 is 5.97 Å². The Balaban J connectivity index is 2.21. The van der Waals surface area contributed by atoms with Crippen LogP contribution in [0.25, 0.3) is 0 Å². The van der Waals surface area contributed by atoms with E-state index < -0.39 is 35.2 Å². The summed E-state index contributed by atoms with van der Waals surface area (Å²) in [6.07, 6.45) is 0. The summed E-state index contributed by atoms with van der Waals surface area (Å²) in [5.41, 5.74) is 4.07. The Morgan fingerprint density at radius 2 is 2.04 bits per heavy atom. The summed E-state index contributed by atoms with van der Waals surface area (Å²) in [4.78, 5) is 40.1. The minimum absolute atomic E-state index is 0.0868. The highest BCUT2D eigenvalue weighted by Crippen LogP contribution is 2.54. The molecule has 28 heavy (non-hydrogen) atoms. The highest BCUT2D eigenvalue weighted by atomic mass is 16.5. The second-order valence-electron chi connectivity index (χ2n) is 6.36. The van der Waals surface area contributed by atoms with Crippen LogP contribution < -0.4 is 20.8 Å². The van der Waals surface area contributed by atoms with E-state index in [4.69, 9.17) is 19.6 Å². The molecule has 1 spiro atoms. The number of esters is 1. The molecule has 9 heteroatoms. The summed E-state index contributed by atoms with van der Waals surface area (Å²) in [6, 6.07) is 7.77. The van der Waals surface area contributed by atoms with Crippen molar-refractivity contribution in [1.29, 1.82) is 0 Å². The minimum atomic E-state index is -1.87. The summed E-state index contributed by atoms with van der Waals surface area (Å²) in [6.45, 7) is -0.586. The van der Waals surface area contributed by atoms with Gasteiger partial charge in [-0.05, 0) is 6.07 Å². The number of fused-ring (bicyclic) bond motifs is 4. The number of anilines is 1. The maximum absolute atomic E-state index is 13.5. The Bertz CT molecular complexity index is 1120. The molecule has 9 nitrogen and oxygen atoms in total. The van der Waals surface area contributed by atoms with Crippen molar-refractivity contribution in [3.8, 4) is 5.75 Å². The largest absolute Gasteiger partial charge is 0.465 e. The van der Waals surface area contributed by atoms with Gasteiger partial charge in [-0.3, -0.25) is 9.59 Å². The van der Waals surface area contributed by atoms with Crippen LogP contribution in [0, 0.1) is 0 Å². The van der Waals surface area contributed by atoms with Gasteiger partial charge in [0.25, 0.3) is 0 Å². The van der Waals surface area contributed by atoms with Gasteiger partial charge < -0.3 is 29.6 Å². The van der Waals surface area contributed by atoms with E-state index in [1.54, 1.807) is 24.3 Å². The van der Waals surface area contributed by atoms with Crippen molar-refractivity contribution >= 4 is 17.6 Å². The Hall–Kier alpha value is -3.59. The molecule has 1 atom stereocenters. The lowest BCUT2D eigenvalue weighted by atomic mass is 9.71. The molecular formula is C19H16N2O7. The second-order valence-corrected chi connectivity index (χ2v) is 6.36. The smallest absolute Gasteiger partial charge is 0.341 e. The van der Waals surface area contributed by atoms with Gasteiger partial charge in [0, 0.05) is 24.4 Å². The molecule has 0 saturated heterocycles. The van der Waals surface area contributed by atoms with Gasteiger partial charge in [0.1, 0.15) is 17.9 Å². The third kappa shape index (κ3) is 2.01. The number of carbonyl (C=O) groups excluding carboxylic acids is 2. The van der Waals surface area contributed by atoms with Gasteiger partial charge in [-0.25, -0.2) is 4.79 Å². The number of hydrogen-bond donors (Lipinski definition) is 2. The van der Waals surface area contributed by atoms with Crippen LogP contribution in [-0.4, -0.2) is 31.1 Å². The van der Waals surface area contributed by atoms with E-state index in [9.17, 15) is 19.5 Å². The van der Waals surface area contributed by atoms with Crippen molar-refractivity contribution in [3.63, 3.8) is 0 Å². The number of para-hydroxylation sites is 1. The predicted octanol–water partition coefficient (Wildman–Crippen LogP) is 0.130. The van der Waals surface area contributed by atoms with Crippen molar-refractivity contribution in [3.05, 3.63) is 69.1 Å². The monoisotopic (exact) mass is 384 g/mol. The number of likely N-dealkylation sites (N-methyl/N-ethyl adjacent to an activating group) is 1. The Morgan fingerprint density at radius 1 is 1.32 bits per heavy atom. The standard InChI is InChI=1S/C19H16N2O7/c1-21-11-6-4-3-5-10(11)19(18(21)25)13(17(24)26-2)16(20)28-14-12(23)7-9(8-22)27-15(14)19/h3-7,22H,8,20H2,1-2H3. The van der Waals surface area contributed by atoms with E-state index >= 15 is 0 Å². The molecule has 0 fully saturated rings. The Morgan fingerprint density at radius 3 is 2.71 bits per heavy atom. The quantitative estimate of drug-likeness (QED) is 0.699. The van der Waals surface area contributed by atoms with Crippen LogP contribution in [0.4, 0.5) is 5.69 Å². The van der Waals surface area contributed by atoms with Gasteiger partial charge in [0.15, 0.2) is 11.2 Å². The number of rotatable bonds is 2. The molecule has 1 unspecified atom stereocenters. The predicted molar refractivity (Wildman–Crippen MR) is 95.4 cm³/mol. The van der Waals surface area contributed by atoms with Crippen LogP contribution in [0.5, 0.6) is 5.75 Å². The van der Waals surface area contributed by atoms with Crippen LogP contribution in [0.1, 0.15) is 17.1 Å². The molecule has 4 rings (SSSR count). The van der Waals surface area contributed by atoms with Crippen LogP contribution in [0.3, 0.4) is 0 Å². The number of amides is 1. The number of aliphatic hydroxyl groups excluding tert-OH is 1. The fraction of sp³-hybridized carbons (Fsp3) is 0.211. The van der Waals surface area contributed by atoms with E-state index in [-0.39, 0.29) is 22.8 Å². The van der Waals surface area contributed by atoms with Gasteiger partial charge in [0.05, 0.1) is 7.11 Å². The maximum Gasteiger partial charge on any atom is 0.341 e. The summed E-state index contributed by atoms with van der Waals surface area (Å²) in [7, 11) is 2.67. The SMILES string of the molecule is COC(=O)C1=C(N)Oc2c(oc(CO)cc2=O)C12C(=O)N(C)c1ccccc12. The van der Waals surface area contributed by atoms with E-state index in [1.165, 1.54) is 11.9 Å². The zero-order chi connectivity index (χ0) is 20.2. The van der Waals surface area contributed by atoms with Crippen molar-refractivity contribution in [2.24, 2.45) is 5.73 Å². The maximum atomic E-state index is 13.5. The van der Waals surface area contributed by atoms with Crippen molar-refractivity contribution in [2.75, 3.05) is 19.1 Å². The number of nitrogens with zero attached hydrogens (tertiary/aromatic N) is 1. The molecule has 1 amide bonds.